The Morgan fingerprint density at radius 2 is 0.950 bits per heavy atom. The van der Waals surface area contributed by atoms with Crippen LogP contribution in [0.15, 0.2) is 0 Å². The van der Waals surface area contributed by atoms with Crippen LogP contribution in [0.5, 0.6) is 0 Å². The van der Waals surface area contributed by atoms with Gasteiger partial charge in [0, 0.05) is 6.42 Å². The molecule has 0 unspecified atom stereocenters. The maximum absolute atomic E-state index is 9.21. The summed E-state index contributed by atoms with van der Waals surface area (Å²) in [5.41, 5.74) is 0. The molecule has 3 heteroatoms. The summed E-state index contributed by atoms with van der Waals surface area (Å²) >= 11 is 0. The van der Waals surface area contributed by atoms with Gasteiger partial charge in [-0.05, 0) is 6.42 Å². The third kappa shape index (κ3) is 14.3. The monoisotopic (exact) mass is 288 g/mol. The summed E-state index contributed by atoms with van der Waals surface area (Å²) in [6.07, 6.45) is 16.8. The van der Waals surface area contributed by atoms with Gasteiger partial charge in [-0.15, -0.1) is 0 Å². The SMILES string of the molecule is CCCCCCCCCCCCCCCC(O)(O)CO. The van der Waals surface area contributed by atoms with Crippen molar-refractivity contribution in [1.82, 2.24) is 0 Å². The lowest BCUT2D eigenvalue weighted by Gasteiger charge is -2.18. The van der Waals surface area contributed by atoms with Crippen LogP contribution in [0.1, 0.15) is 96.8 Å². The molecule has 3 nitrogen and oxygen atoms in total. The van der Waals surface area contributed by atoms with Crippen LogP contribution in [0.3, 0.4) is 0 Å². The predicted octanol–water partition coefficient (Wildman–Crippen LogP) is 4.14. The highest BCUT2D eigenvalue weighted by molar-refractivity contribution is 4.62. The Morgan fingerprint density at radius 1 is 0.600 bits per heavy atom. The number of hydrogen-bond acceptors (Lipinski definition) is 3. The second-order valence-corrected chi connectivity index (χ2v) is 6.13. The van der Waals surface area contributed by atoms with Crippen molar-refractivity contribution in [3.8, 4) is 0 Å². The van der Waals surface area contributed by atoms with Crippen molar-refractivity contribution in [1.29, 1.82) is 0 Å². The topological polar surface area (TPSA) is 60.7 Å². The highest BCUT2D eigenvalue weighted by Gasteiger charge is 2.20. The van der Waals surface area contributed by atoms with Crippen LogP contribution in [-0.2, 0) is 0 Å². The quantitative estimate of drug-likeness (QED) is 0.313. The summed E-state index contributed by atoms with van der Waals surface area (Å²) < 4.78 is 0. The van der Waals surface area contributed by atoms with Crippen LogP contribution < -0.4 is 0 Å². The maximum Gasteiger partial charge on any atom is 0.186 e. The van der Waals surface area contributed by atoms with Gasteiger partial charge in [-0.25, -0.2) is 0 Å². The average molecular weight is 288 g/mol. The van der Waals surface area contributed by atoms with Crippen LogP contribution in [0.2, 0.25) is 0 Å². The molecule has 0 amide bonds. The first-order valence-electron chi connectivity index (χ1n) is 8.68. The van der Waals surface area contributed by atoms with Gasteiger partial charge in [0.15, 0.2) is 5.79 Å². The lowest BCUT2D eigenvalue weighted by atomic mass is 10.0. The second-order valence-electron chi connectivity index (χ2n) is 6.13. The zero-order valence-electron chi connectivity index (χ0n) is 13.4. The van der Waals surface area contributed by atoms with Crippen LogP contribution >= 0.6 is 0 Å². The van der Waals surface area contributed by atoms with Crippen LogP contribution in [0, 0.1) is 0 Å². The molecule has 0 bridgehead atoms. The van der Waals surface area contributed by atoms with E-state index in [2.05, 4.69) is 6.92 Å². The fourth-order valence-electron chi connectivity index (χ4n) is 2.50. The first kappa shape index (κ1) is 19.9. The Labute approximate surface area is 125 Å². The van der Waals surface area contributed by atoms with E-state index in [4.69, 9.17) is 5.11 Å². The zero-order valence-corrected chi connectivity index (χ0v) is 13.4. The molecule has 0 rings (SSSR count). The molecule has 3 N–H and O–H groups in total. The summed E-state index contributed by atoms with van der Waals surface area (Å²) in [6, 6.07) is 0. The molecule has 122 valence electrons. The highest BCUT2D eigenvalue weighted by Crippen LogP contribution is 2.15. The third-order valence-electron chi connectivity index (χ3n) is 3.93. The second kappa shape index (κ2) is 13.8. The summed E-state index contributed by atoms with van der Waals surface area (Å²) in [4.78, 5) is 0. The van der Waals surface area contributed by atoms with Gasteiger partial charge < -0.3 is 15.3 Å². The molecule has 0 aromatic heterocycles. The van der Waals surface area contributed by atoms with Gasteiger partial charge in [-0.2, -0.15) is 0 Å². The lowest BCUT2D eigenvalue weighted by molar-refractivity contribution is -0.191. The molecule has 0 atom stereocenters. The van der Waals surface area contributed by atoms with E-state index in [-0.39, 0.29) is 6.42 Å². The molecule has 0 saturated heterocycles. The van der Waals surface area contributed by atoms with E-state index in [1.54, 1.807) is 0 Å². The number of aliphatic hydroxyl groups is 3. The molecule has 0 heterocycles. The van der Waals surface area contributed by atoms with Gasteiger partial charge in [0.25, 0.3) is 0 Å². The standard InChI is InChI=1S/C17H36O3/c1-2-3-4-5-6-7-8-9-10-11-12-13-14-15-17(19,20)16-18/h18-20H,2-16H2,1H3. The average Bonchev–Trinajstić information content (AvgIpc) is 2.44. The Bertz CT molecular complexity index is 193. The van der Waals surface area contributed by atoms with Crippen molar-refractivity contribution in [3.05, 3.63) is 0 Å². The molecule has 0 aromatic carbocycles. The number of rotatable bonds is 15. The first-order valence-corrected chi connectivity index (χ1v) is 8.68. The predicted molar refractivity (Wildman–Crippen MR) is 84.6 cm³/mol. The Morgan fingerprint density at radius 3 is 1.30 bits per heavy atom. The van der Waals surface area contributed by atoms with Gasteiger partial charge in [-0.1, -0.05) is 84.0 Å². The molecule has 20 heavy (non-hydrogen) atoms. The van der Waals surface area contributed by atoms with E-state index in [1.165, 1.54) is 64.2 Å². The normalized spacial score (nSPS) is 12.0. The number of aliphatic hydroxyl groups excluding tert-OH is 1. The number of unbranched alkanes of at least 4 members (excludes halogenated alkanes) is 12. The van der Waals surface area contributed by atoms with Crippen LogP contribution in [0.4, 0.5) is 0 Å². The molecular weight excluding hydrogens is 252 g/mol. The maximum atomic E-state index is 9.21. The minimum atomic E-state index is -1.86. The molecular formula is C17H36O3. The van der Waals surface area contributed by atoms with Gasteiger partial charge >= 0.3 is 0 Å². The number of hydrogen-bond donors (Lipinski definition) is 3. The lowest BCUT2D eigenvalue weighted by Crippen LogP contribution is -2.32. The molecule has 0 spiro atoms. The molecule has 0 aromatic rings. The molecule has 0 aliphatic carbocycles. The molecule has 0 fully saturated rings. The largest absolute Gasteiger partial charge is 0.391 e. The van der Waals surface area contributed by atoms with Gasteiger partial charge in [0.1, 0.15) is 0 Å². The van der Waals surface area contributed by atoms with Crippen molar-refractivity contribution in [2.24, 2.45) is 0 Å². The Balaban J connectivity index is 3.06. The summed E-state index contributed by atoms with van der Waals surface area (Å²) in [5, 5.41) is 27.1. The summed E-state index contributed by atoms with van der Waals surface area (Å²) in [7, 11) is 0. The van der Waals surface area contributed by atoms with Crippen molar-refractivity contribution >= 4 is 0 Å². The van der Waals surface area contributed by atoms with Crippen LogP contribution in [-0.4, -0.2) is 27.7 Å². The zero-order chi connectivity index (χ0) is 15.1. The van der Waals surface area contributed by atoms with Gasteiger partial charge in [-0.3, -0.25) is 0 Å². The van der Waals surface area contributed by atoms with Crippen molar-refractivity contribution in [2.45, 2.75) is 103 Å². The van der Waals surface area contributed by atoms with Crippen LogP contribution in [0.25, 0.3) is 0 Å². The van der Waals surface area contributed by atoms with Gasteiger partial charge in [0.05, 0.1) is 6.61 Å². The smallest absolute Gasteiger partial charge is 0.186 e. The fraction of sp³-hybridized carbons (Fsp3) is 1.00. The highest BCUT2D eigenvalue weighted by atomic mass is 16.5. The Hall–Kier alpha value is -0.120. The molecule has 0 saturated carbocycles. The summed E-state index contributed by atoms with van der Waals surface area (Å²) in [6.45, 7) is 1.69. The van der Waals surface area contributed by atoms with E-state index in [0.29, 0.717) is 0 Å². The van der Waals surface area contributed by atoms with E-state index in [0.717, 1.165) is 19.3 Å². The van der Waals surface area contributed by atoms with Crippen molar-refractivity contribution in [3.63, 3.8) is 0 Å². The minimum Gasteiger partial charge on any atom is -0.391 e. The van der Waals surface area contributed by atoms with E-state index >= 15 is 0 Å². The van der Waals surface area contributed by atoms with Crippen molar-refractivity contribution < 1.29 is 15.3 Å². The third-order valence-corrected chi connectivity index (χ3v) is 3.93. The molecule has 0 aliphatic heterocycles. The Kier molecular flexibility index (Phi) is 13.8. The fourth-order valence-corrected chi connectivity index (χ4v) is 2.50. The van der Waals surface area contributed by atoms with Crippen molar-refractivity contribution in [2.75, 3.05) is 6.61 Å². The van der Waals surface area contributed by atoms with E-state index in [9.17, 15) is 10.2 Å². The van der Waals surface area contributed by atoms with E-state index in [1.807, 2.05) is 0 Å². The summed E-state index contributed by atoms with van der Waals surface area (Å²) in [5.74, 6) is -1.86. The molecule has 0 aliphatic rings. The van der Waals surface area contributed by atoms with Gasteiger partial charge in [0.2, 0.25) is 0 Å². The molecule has 0 radical (unpaired) electrons. The minimum absolute atomic E-state index is 0.279. The van der Waals surface area contributed by atoms with E-state index < -0.39 is 12.4 Å². The first-order chi connectivity index (χ1) is 9.62.